The van der Waals surface area contributed by atoms with Gasteiger partial charge >= 0.3 is 0 Å². The highest BCUT2D eigenvalue weighted by molar-refractivity contribution is 6.33. The summed E-state index contributed by atoms with van der Waals surface area (Å²) in [5.74, 6) is -0.449. The number of hydrogen-bond acceptors (Lipinski definition) is 4. The quantitative estimate of drug-likeness (QED) is 0.667. The molecule has 0 aliphatic rings. The first-order valence-electron chi connectivity index (χ1n) is 6.24. The van der Waals surface area contributed by atoms with E-state index in [0.717, 1.165) is 0 Å². The zero-order valence-corrected chi connectivity index (χ0v) is 12.0. The zero-order valence-electron chi connectivity index (χ0n) is 11.2. The Hall–Kier alpha value is -1.63. The molecule has 0 aliphatic heterocycles. The normalized spacial score (nSPS) is 10.2. The predicted molar refractivity (Wildman–Crippen MR) is 78.9 cm³/mol. The number of benzene rings is 1. The molecule has 0 heterocycles. The van der Waals surface area contributed by atoms with Crippen molar-refractivity contribution in [1.29, 1.82) is 0 Å². The first-order valence-corrected chi connectivity index (χ1v) is 6.61. The fraction of sp³-hybridized carbons (Fsp3) is 0.385. The first-order chi connectivity index (χ1) is 9.56. The van der Waals surface area contributed by atoms with Crippen LogP contribution in [0.1, 0.15) is 13.3 Å². The smallest absolute Gasteiger partial charge is 0.250 e. The summed E-state index contributed by atoms with van der Waals surface area (Å²) in [6.45, 7) is 2.32. The van der Waals surface area contributed by atoms with Crippen molar-refractivity contribution in [2.75, 3.05) is 30.4 Å². The summed E-state index contributed by atoms with van der Waals surface area (Å²) >= 11 is 5.98. The highest BCUT2D eigenvalue weighted by atomic mass is 35.5. The summed E-state index contributed by atoms with van der Waals surface area (Å²) in [6, 6.07) is 4.86. The molecular formula is C13H18ClN3O3. The third kappa shape index (κ3) is 5.56. The van der Waals surface area contributed by atoms with Crippen molar-refractivity contribution in [1.82, 2.24) is 0 Å². The molecule has 4 N–H and O–H groups in total. The fourth-order valence-corrected chi connectivity index (χ4v) is 1.55. The van der Waals surface area contributed by atoms with E-state index < -0.39 is 0 Å². The molecule has 0 saturated heterocycles. The second-order valence-corrected chi connectivity index (χ2v) is 4.39. The highest BCUT2D eigenvalue weighted by Gasteiger charge is 2.08. The molecule has 1 aromatic rings. The van der Waals surface area contributed by atoms with Crippen molar-refractivity contribution >= 4 is 34.8 Å². The highest BCUT2D eigenvalue weighted by Crippen LogP contribution is 2.25. The van der Waals surface area contributed by atoms with Gasteiger partial charge in [0.05, 0.1) is 17.3 Å². The van der Waals surface area contributed by atoms with Crippen LogP contribution in [0.5, 0.6) is 0 Å². The molecule has 1 aromatic carbocycles. The van der Waals surface area contributed by atoms with Gasteiger partial charge in [0.2, 0.25) is 11.8 Å². The molecule has 0 atom stereocenters. The van der Waals surface area contributed by atoms with Crippen LogP contribution in [0.2, 0.25) is 5.02 Å². The summed E-state index contributed by atoms with van der Waals surface area (Å²) in [5, 5.41) is 5.68. The van der Waals surface area contributed by atoms with E-state index in [0.29, 0.717) is 36.0 Å². The lowest BCUT2D eigenvalue weighted by Crippen LogP contribution is -2.21. The van der Waals surface area contributed by atoms with E-state index in [1.165, 1.54) is 0 Å². The Balaban J connectivity index is 2.66. The second-order valence-electron chi connectivity index (χ2n) is 3.99. The van der Waals surface area contributed by atoms with E-state index in [9.17, 15) is 9.59 Å². The number of rotatable bonds is 7. The maximum Gasteiger partial charge on any atom is 0.250 e. The van der Waals surface area contributed by atoms with Crippen LogP contribution >= 0.6 is 11.6 Å². The van der Waals surface area contributed by atoms with E-state index in [-0.39, 0.29) is 18.4 Å². The molecule has 110 valence electrons. The largest absolute Gasteiger partial charge is 0.370 e. The molecule has 7 heteroatoms. The molecule has 0 aromatic heterocycles. The summed E-state index contributed by atoms with van der Waals surface area (Å²) in [6.07, 6.45) is 0.372. The Morgan fingerprint density at radius 2 is 2.05 bits per heavy atom. The number of anilines is 2. The number of carbonyl (C=O) groups excluding carboxylic acids is 2. The number of nitrogens with two attached hydrogens (primary N) is 1. The predicted octanol–water partition coefficient (Wildman–Crippen LogP) is 1.60. The molecule has 2 amide bonds. The third-order valence-corrected chi connectivity index (χ3v) is 2.67. The van der Waals surface area contributed by atoms with Gasteiger partial charge in [0, 0.05) is 18.7 Å². The van der Waals surface area contributed by atoms with Gasteiger partial charge in [-0.1, -0.05) is 18.5 Å². The summed E-state index contributed by atoms with van der Waals surface area (Å²) in [7, 11) is 0. The van der Waals surface area contributed by atoms with E-state index >= 15 is 0 Å². The number of nitrogens with one attached hydrogen (secondary N) is 2. The Kier molecular flexibility index (Phi) is 7.00. The van der Waals surface area contributed by atoms with Gasteiger partial charge in [-0.05, 0) is 18.2 Å². The lowest BCUT2D eigenvalue weighted by Gasteiger charge is -2.10. The number of halogens is 1. The molecule has 1 rings (SSSR count). The zero-order chi connectivity index (χ0) is 15.0. The molecule has 0 bridgehead atoms. The molecule has 0 saturated carbocycles. The van der Waals surface area contributed by atoms with Crippen LogP contribution in [0.4, 0.5) is 11.4 Å². The fourth-order valence-electron chi connectivity index (χ4n) is 1.38. The molecule has 20 heavy (non-hydrogen) atoms. The Bertz CT molecular complexity index is 480. The molecule has 0 unspecified atom stereocenters. The van der Waals surface area contributed by atoms with Gasteiger partial charge in [0.15, 0.2) is 0 Å². The topological polar surface area (TPSA) is 93.5 Å². The third-order valence-electron chi connectivity index (χ3n) is 2.34. The lowest BCUT2D eigenvalue weighted by molar-refractivity contribution is -0.120. The van der Waals surface area contributed by atoms with Crippen LogP contribution in [0.3, 0.4) is 0 Å². The molecule has 0 radical (unpaired) electrons. The van der Waals surface area contributed by atoms with Crippen LogP contribution in [-0.4, -0.2) is 31.6 Å². The number of carbonyl (C=O) groups is 2. The van der Waals surface area contributed by atoms with Crippen LogP contribution in [0.25, 0.3) is 0 Å². The van der Waals surface area contributed by atoms with Crippen molar-refractivity contribution in [3.63, 3.8) is 0 Å². The molecule has 0 aliphatic carbocycles. The van der Waals surface area contributed by atoms with Crippen molar-refractivity contribution in [3.05, 3.63) is 23.2 Å². The van der Waals surface area contributed by atoms with Gasteiger partial charge in [-0.25, -0.2) is 0 Å². The van der Waals surface area contributed by atoms with Gasteiger partial charge in [-0.2, -0.15) is 0 Å². The Morgan fingerprint density at radius 3 is 2.70 bits per heavy atom. The minimum atomic E-state index is -0.334. The van der Waals surface area contributed by atoms with Crippen molar-refractivity contribution in [2.45, 2.75) is 13.3 Å². The van der Waals surface area contributed by atoms with Crippen LogP contribution in [0.15, 0.2) is 18.2 Å². The Morgan fingerprint density at radius 1 is 1.30 bits per heavy atom. The van der Waals surface area contributed by atoms with Crippen LogP contribution in [0, 0.1) is 0 Å². The standard InChI is InChI=1S/C13H18ClN3O3/c1-2-12(18)16-9-3-4-10(14)11(7-9)17-13(19)8-20-6-5-15/h3-4,7H,2,5-6,8,15H2,1H3,(H,16,18)(H,17,19). The maximum absolute atomic E-state index is 11.6. The summed E-state index contributed by atoms with van der Waals surface area (Å²) < 4.78 is 5.02. The van der Waals surface area contributed by atoms with Gasteiger partial charge in [0.1, 0.15) is 6.61 Å². The van der Waals surface area contributed by atoms with E-state index in [4.69, 9.17) is 22.1 Å². The number of ether oxygens (including phenoxy) is 1. The molecular weight excluding hydrogens is 282 g/mol. The van der Waals surface area contributed by atoms with Crippen molar-refractivity contribution in [3.8, 4) is 0 Å². The molecule has 0 spiro atoms. The number of hydrogen-bond donors (Lipinski definition) is 3. The van der Waals surface area contributed by atoms with Crippen LogP contribution < -0.4 is 16.4 Å². The molecule has 6 nitrogen and oxygen atoms in total. The average Bonchev–Trinajstić information content (AvgIpc) is 2.42. The Labute approximate surface area is 122 Å². The molecule has 0 fully saturated rings. The number of amides is 2. The van der Waals surface area contributed by atoms with E-state index in [1.807, 2.05) is 0 Å². The minimum Gasteiger partial charge on any atom is -0.370 e. The van der Waals surface area contributed by atoms with E-state index in [1.54, 1.807) is 25.1 Å². The average molecular weight is 300 g/mol. The monoisotopic (exact) mass is 299 g/mol. The van der Waals surface area contributed by atoms with Crippen molar-refractivity contribution < 1.29 is 14.3 Å². The van der Waals surface area contributed by atoms with Gasteiger partial charge in [0.25, 0.3) is 0 Å². The SMILES string of the molecule is CCC(=O)Nc1ccc(Cl)c(NC(=O)COCCN)c1. The summed E-state index contributed by atoms with van der Waals surface area (Å²) in [4.78, 5) is 22.9. The summed E-state index contributed by atoms with van der Waals surface area (Å²) in [5.41, 5.74) is 6.24. The second kappa shape index (κ2) is 8.52. The minimum absolute atomic E-state index is 0.0981. The van der Waals surface area contributed by atoms with Crippen molar-refractivity contribution in [2.24, 2.45) is 5.73 Å². The lowest BCUT2D eigenvalue weighted by atomic mass is 10.2. The van der Waals surface area contributed by atoms with Gasteiger partial charge in [-0.3, -0.25) is 9.59 Å². The first kappa shape index (κ1) is 16.4. The van der Waals surface area contributed by atoms with Gasteiger partial charge < -0.3 is 21.1 Å². The maximum atomic E-state index is 11.6. The van der Waals surface area contributed by atoms with E-state index in [2.05, 4.69) is 10.6 Å². The van der Waals surface area contributed by atoms with Crippen LogP contribution in [-0.2, 0) is 14.3 Å². The van der Waals surface area contributed by atoms with Gasteiger partial charge in [-0.15, -0.1) is 0 Å².